The number of nitrogens with zero attached hydrogens (tertiary/aromatic N) is 2. The van der Waals surface area contributed by atoms with Gasteiger partial charge in [0.15, 0.2) is 29.2 Å². The predicted octanol–water partition coefficient (Wildman–Crippen LogP) is 5.00. The molecule has 58 heavy (non-hydrogen) atoms. The Kier molecular flexibility index (Phi) is 17.9. The fraction of sp³-hybridized carbons (Fsp3) is 0.619. The molecule has 2 heterocycles. The van der Waals surface area contributed by atoms with Gasteiger partial charge < -0.3 is 9.80 Å². The molecule has 14 nitrogen and oxygen atoms in total. The number of aryl methyl sites for hydroxylation is 2. The second-order valence-corrected chi connectivity index (χ2v) is 21.0. The van der Waals surface area contributed by atoms with Crippen LogP contribution in [0, 0.1) is 11.8 Å². The summed E-state index contributed by atoms with van der Waals surface area (Å²) in [6.07, 6.45) is 8.94. The minimum Gasteiger partial charge on any atom is -0.343 e. The number of likely N-dealkylation sites (tertiary alicyclic amines) is 2. The summed E-state index contributed by atoms with van der Waals surface area (Å²) in [6, 6.07) is 13.5. The summed E-state index contributed by atoms with van der Waals surface area (Å²) in [5.41, 5.74) is 6.31. The van der Waals surface area contributed by atoms with Gasteiger partial charge >= 0.3 is 0 Å². The van der Waals surface area contributed by atoms with Crippen molar-refractivity contribution >= 4 is 43.3 Å². The van der Waals surface area contributed by atoms with E-state index in [0.717, 1.165) is 88.7 Å². The van der Waals surface area contributed by atoms with E-state index in [0.29, 0.717) is 24.7 Å². The molecule has 0 spiro atoms. The minimum atomic E-state index is -3.87. The van der Waals surface area contributed by atoms with Crippen molar-refractivity contribution in [2.75, 3.05) is 40.4 Å². The van der Waals surface area contributed by atoms with Gasteiger partial charge in [-0.3, -0.25) is 28.9 Å². The Hall–Kier alpha value is -3.86. The maximum Gasteiger partial charge on any atom is 0.264 e. The summed E-state index contributed by atoms with van der Waals surface area (Å²) < 4.78 is 48.1. The van der Waals surface area contributed by atoms with Gasteiger partial charge in [-0.2, -0.15) is 0 Å². The number of benzene rings is 2. The van der Waals surface area contributed by atoms with Gasteiger partial charge in [-0.05, 0) is 126 Å². The molecule has 2 N–H and O–H groups in total. The zero-order chi connectivity index (χ0) is 43.3. The van der Waals surface area contributed by atoms with Gasteiger partial charge in [0.1, 0.15) is 0 Å². The van der Waals surface area contributed by atoms with Gasteiger partial charge in [-0.1, -0.05) is 38.1 Å². The standard InChI is InChI=1S/2C21H32N2O5S/c1-5-19(24)23-14-12-17(13-15-23)7-6-16-8-10-18(11-9-16)29(26,27)21(2,3)20(25)22-28-4;1-5-19(24)23-14-6-7-17(15-23)9-8-16-10-12-18(13-11-16)29(26,27)21(2,3)20(25)22-28-4/h8-11,17H,5-7,12-15H2,1-4H3,(H,22,25);10-13,17H,5-9,14-15H2,1-4H3,(H,22,25). The molecular formula is C42H64N4O10S2. The highest BCUT2D eigenvalue weighted by molar-refractivity contribution is 7.94. The van der Waals surface area contributed by atoms with Crippen molar-refractivity contribution in [2.24, 2.45) is 11.8 Å². The molecular weight excluding hydrogens is 785 g/mol. The van der Waals surface area contributed by atoms with Gasteiger partial charge in [-0.15, -0.1) is 0 Å². The van der Waals surface area contributed by atoms with E-state index in [9.17, 15) is 36.0 Å². The molecule has 1 atom stereocenters. The van der Waals surface area contributed by atoms with Crippen LogP contribution < -0.4 is 11.0 Å². The van der Waals surface area contributed by atoms with Gasteiger partial charge in [0.2, 0.25) is 11.8 Å². The van der Waals surface area contributed by atoms with Crippen LogP contribution in [0.1, 0.15) is 104 Å². The van der Waals surface area contributed by atoms with E-state index in [1.807, 2.05) is 35.8 Å². The van der Waals surface area contributed by atoms with Crippen molar-refractivity contribution in [2.45, 2.75) is 125 Å². The number of nitrogens with one attached hydrogen (secondary N) is 2. The van der Waals surface area contributed by atoms with E-state index in [1.165, 1.54) is 41.9 Å². The van der Waals surface area contributed by atoms with Gasteiger partial charge in [0.05, 0.1) is 24.0 Å². The number of hydroxylamine groups is 2. The largest absolute Gasteiger partial charge is 0.343 e. The highest BCUT2D eigenvalue weighted by atomic mass is 32.2. The van der Waals surface area contributed by atoms with Crippen molar-refractivity contribution in [1.82, 2.24) is 20.8 Å². The van der Waals surface area contributed by atoms with Gasteiger partial charge in [-0.25, -0.2) is 27.8 Å². The Balaban J connectivity index is 0.000000310. The van der Waals surface area contributed by atoms with Crippen LogP contribution in [0.2, 0.25) is 0 Å². The van der Waals surface area contributed by atoms with Crippen LogP contribution in [0.25, 0.3) is 0 Å². The van der Waals surface area contributed by atoms with Crippen molar-refractivity contribution < 1.29 is 45.7 Å². The molecule has 2 aliphatic heterocycles. The Morgan fingerprint density at radius 2 is 1.02 bits per heavy atom. The average molecular weight is 849 g/mol. The Labute approximate surface area is 345 Å². The Morgan fingerprint density at radius 3 is 1.41 bits per heavy atom. The number of sulfone groups is 2. The smallest absolute Gasteiger partial charge is 0.264 e. The van der Waals surface area contributed by atoms with Crippen LogP contribution in [0.3, 0.4) is 0 Å². The van der Waals surface area contributed by atoms with Crippen LogP contribution in [-0.4, -0.2) is 100 Å². The molecule has 2 saturated heterocycles. The quantitative estimate of drug-likeness (QED) is 0.218. The molecule has 1 unspecified atom stereocenters. The van der Waals surface area contributed by atoms with Crippen LogP contribution in [0.4, 0.5) is 0 Å². The van der Waals surface area contributed by atoms with E-state index in [2.05, 4.69) is 20.6 Å². The van der Waals surface area contributed by atoms with Gasteiger partial charge in [0, 0.05) is 39.0 Å². The number of piperidine rings is 2. The van der Waals surface area contributed by atoms with Crippen LogP contribution in [-0.2, 0) is 61.4 Å². The molecule has 4 amide bonds. The van der Waals surface area contributed by atoms with Crippen LogP contribution in [0.15, 0.2) is 58.3 Å². The lowest BCUT2D eigenvalue weighted by Crippen LogP contribution is -2.47. The molecule has 4 rings (SSSR count). The monoisotopic (exact) mass is 848 g/mol. The Morgan fingerprint density at radius 1 is 0.621 bits per heavy atom. The lowest BCUT2D eigenvalue weighted by molar-refractivity contribution is -0.133. The number of hydrogen-bond acceptors (Lipinski definition) is 10. The Bertz CT molecular complexity index is 1910. The molecule has 2 fully saturated rings. The molecule has 324 valence electrons. The van der Waals surface area contributed by atoms with Crippen molar-refractivity contribution in [1.29, 1.82) is 0 Å². The molecule has 2 aromatic carbocycles. The molecule has 0 saturated carbocycles. The first-order valence-corrected chi connectivity index (χ1v) is 23.1. The molecule has 16 heteroatoms. The molecule has 2 aliphatic rings. The SMILES string of the molecule is CCC(=O)N1CCC(CCc2ccc(S(=O)(=O)C(C)(C)C(=O)NOC)cc2)CC1.CCC(=O)N1CCCC(CCc2ccc(S(=O)(=O)C(C)(C)C(=O)NOC)cc2)C1. The maximum atomic E-state index is 12.9. The third kappa shape index (κ3) is 12.1. The first-order chi connectivity index (χ1) is 27.3. The van der Waals surface area contributed by atoms with E-state index < -0.39 is 41.0 Å². The number of rotatable bonds is 16. The van der Waals surface area contributed by atoms with E-state index in [-0.39, 0.29) is 21.6 Å². The van der Waals surface area contributed by atoms with Crippen molar-refractivity contribution in [3.05, 3.63) is 59.7 Å². The first-order valence-electron chi connectivity index (χ1n) is 20.2. The zero-order valence-electron chi connectivity index (χ0n) is 35.5. The first kappa shape index (κ1) is 48.5. The number of amides is 4. The van der Waals surface area contributed by atoms with Crippen LogP contribution in [0.5, 0.6) is 0 Å². The summed E-state index contributed by atoms with van der Waals surface area (Å²) in [6.45, 7) is 12.5. The maximum absolute atomic E-state index is 12.9. The zero-order valence-corrected chi connectivity index (χ0v) is 37.1. The van der Waals surface area contributed by atoms with E-state index >= 15 is 0 Å². The second-order valence-electron chi connectivity index (χ2n) is 16.0. The summed E-state index contributed by atoms with van der Waals surface area (Å²) in [5.74, 6) is 0.0617. The molecule has 0 aliphatic carbocycles. The number of hydrogen-bond donors (Lipinski definition) is 2. The van der Waals surface area contributed by atoms with Gasteiger partial charge in [0.25, 0.3) is 11.8 Å². The number of carbonyl (C=O) groups is 4. The summed E-state index contributed by atoms with van der Waals surface area (Å²) in [7, 11) is -5.20. The summed E-state index contributed by atoms with van der Waals surface area (Å²) in [4.78, 5) is 61.1. The highest BCUT2D eigenvalue weighted by Gasteiger charge is 2.44. The molecule has 0 radical (unpaired) electrons. The third-order valence-corrected chi connectivity index (χ3v) is 16.3. The lowest BCUT2D eigenvalue weighted by atomic mass is 9.90. The fourth-order valence-corrected chi connectivity index (χ4v) is 9.86. The molecule has 2 aromatic rings. The predicted molar refractivity (Wildman–Crippen MR) is 222 cm³/mol. The van der Waals surface area contributed by atoms with E-state index in [1.54, 1.807) is 36.4 Å². The minimum absolute atomic E-state index is 0.106. The lowest BCUT2D eigenvalue weighted by Gasteiger charge is -2.32. The third-order valence-electron chi connectivity index (χ3n) is 11.4. The highest BCUT2D eigenvalue weighted by Crippen LogP contribution is 2.29. The molecule has 0 aromatic heterocycles. The van der Waals surface area contributed by atoms with Crippen LogP contribution >= 0.6 is 0 Å². The number of carbonyl (C=O) groups excluding carboxylic acids is 4. The topological polar surface area (TPSA) is 186 Å². The fourth-order valence-electron chi connectivity index (χ4n) is 7.12. The average Bonchev–Trinajstić information content (AvgIpc) is 3.22. The summed E-state index contributed by atoms with van der Waals surface area (Å²) >= 11 is 0. The molecule has 0 bridgehead atoms. The second kappa shape index (κ2) is 21.4. The normalized spacial score (nSPS) is 16.9. The van der Waals surface area contributed by atoms with Crippen molar-refractivity contribution in [3.8, 4) is 0 Å². The van der Waals surface area contributed by atoms with Crippen molar-refractivity contribution in [3.63, 3.8) is 0 Å². The van der Waals surface area contributed by atoms with E-state index in [4.69, 9.17) is 0 Å². The summed E-state index contributed by atoms with van der Waals surface area (Å²) in [5, 5.41) is 0.